The van der Waals surface area contributed by atoms with E-state index in [2.05, 4.69) is 47.9 Å². The molecule has 2 aliphatic rings. The van der Waals surface area contributed by atoms with Crippen molar-refractivity contribution in [1.82, 2.24) is 4.90 Å². The summed E-state index contributed by atoms with van der Waals surface area (Å²) in [4.78, 5) is 5.24. The summed E-state index contributed by atoms with van der Waals surface area (Å²) in [6.45, 7) is 10.2. The number of benzene rings is 2. The van der Waals surface area contributed by atoms with Crippen LogP contribution >= 0.6 is 11.6 Å². The molecule has 2 atom stereocenters. The third-order valence-electron chi connectivity index (χ3n) is 6.88. The number of fused-ring (bicyclic) bond motifs is 1. The Morgan fingerprint density at radius 2 is 1.87 bits per heavy atom. The second-order valence-corrected chi connectivity index (χ2v) is 8.85. The Bertz CT molecular complexity index is 901. The summed E-state index contributed by atoms with van der Waals surface area (Å²) in [5.74, 6) is 1.77. The molecule has 2 aromatic rings. The molecule has 0 aromatic heterocycles. The van der Waals surface area contributed by atoms with Gasteiger partial charge in [-0.05, 0) is 74.9 Å². The predicted molar refractivity (Wildman–Crippen MR) is 124 cm³/mol. The number of methoxy groups -OCH3 is 1. The molecule has 0 radical (unpaired) electrons. The first-order valence-corrected chi connectivity index (χ1v) is 11.5. The third-order valence-corrected chi connectivity index (χ3v) is 7.19. The van der Waals surface area contributed by atoms with Gasteiger partial charge in [-0.1, -0.05) is 17.7 Å². The van der Waals surface area contributed by atoms with E-state index in [0.29, 0.717) is 23.7 Å². The fourth-order valence-electron chi connectivity index (χ4n) is 5.17. The summed E-state index contributed by atoms with van der Waals surface area (Å²) >= 11 is 6.30. The Morgan fingerprint density at radius 3 is 2.63 bits per heavy atom. The van der Waals surface area contributed by atoms with Crippen LogP contribution in [0.15, 0.2) is 30.3 Å². The van der Waals surface area contributed by atoms with E-state index in [0.717, 1.165) is 31.1 Å². The lowest BCUT2D eigenvalue weighted by molar-refractivity contribution is 0.0712. The molecule has 0 amide bonds. The van der Waals surface area contributed by atoms with Crippen LogP contribution in [0.1, 0.15) is 48.9 Å². The van der Waals surface area contributed by atoms with Crippen molar-refractivity contribution >= 4 is 17.3 Å². The van der Waals surface area contributed by atoms with E-state index in [9.17, 15) is 0 Å². The van der Waals surface area contributed by atoms with Crippen LogP contribution in [-0.2, 0) is 0 Å². The lowest BCUT2D eigenvalue weighted by atomic mass is 9.86. The van der Waals surface area contributed by atoms with Crippen molar-refractivity contribution in [3.05, 3.63) is 52.0 Å². The predicted octanol–water partition coefficient (Wildman–Crippen LogP) is 5.78. The standard InChI is InChI=1S/C25H33ClN2O2/c1-5-30-25-15-19(9-11-22(25)26)27-13-14-28-20(16-27)7-6-8-23(28)21-10-12-24(29-4)18(3)17(21)2/h9-12,15,20,23H,5-8,13-14,16H2,1-4H3/t20-,23+/m0/s1. The number of nitrogens with zero attached hydrogens (tertiary/aromatic N) is 2. The van der Waals surface area contributed by atoms with E-state index >= 15 is 0 Å². The topological polar surface area (TPSA) is 24.9 Å². The minimum Gasteiger partial charge on any atom is -0.496 e. The number of hydrogen-bond acceptors (Lipinski definition) is 4. The van der Waals surface area contributed by atoms with Crippen LogP contribution in [0.2, 0.25) is 5.02 Å². The summed E-state index contributed by atoms with van der Waals surface area (Å²) < 4.78 is 11.2. The maximum Gasteiger partial charge on any atom is 0.139 e. The summed E-state index contributed by atoms with van der Waals surface area (Å²) in [6.07, 6.45) is 3.76. The van der Waals surface area contributed by atoms with Crippen LogP contribution < -0.4 is 14.4 Å². The number of anilines is 1. The fourth-order valence-corrected chi connectivity index (χ4v) is 5.34. The van der Waals surface area contributed by atoms with E-state index < -0.39 is 0 Å². The van der Waals surface area contributed by atoms with Crippen molar-refractivity contribution in [2.75, 3.05) is 38.3 Å². The van der Waals surface area contributed by atoms with Crippen LogP contribution in [0.3, 0.4) is 0 Å². The molecular weight excluding hydrogens is 396 g/mol. The summed E-state index contributed by atoms with van der Waals surface area (Å²) in [6, 6.07) is 11.7. The van der Waals surface area contributed by atoms with Gasteiger partial charge in [-0.15, -0.1) is 0 Å². The Kier molecular flexibility index (Phi) is 6.45. The number of halogens is 1. The molecule has 0 aliphatic carbocycles. The van der Waals surface area contributed by atoms with Crippen molar-refractivity contribution in [3.63, 3.8) is 0 Å². The van der Waals surface area contributed by atoms with E-state index in [4.69, 9.17) is 21.1 Å². The van der Waals surface area contributed by atoms with Gasteiger partial charge in [0.2, 0.25) is 0 Å². The van der Waals surface area contributed by atoms with Crippen molar-refractivity contribution in [2.45, 2.75) is 52.1 Å². The monoisotopic (exact) mass is 428 g/mol. The zero-order valence-corrected chi connectivity index (χ0v) is 19.3. The number of rotatable bonds is 5. The Labute approximate surface area is 185 Å². The van der Waals surface area contributed by atoms with Gasteiger partial charge in [-0.2, -0.15) is 0 Å². The minimum absolute atomic E-state index is 0.500. The molecular formula is C25H33ClN2O2. The van der Waals surface area contributed by atoms with Gasteiger partial charge in [-0.25, -0.2) is 0 Å². The average molecular weight is 429 g/mol. The van der Waals surface area contributed by atoms with Gasteiger partial charge < -0.3 is 14.4 Å². The van der Waals surface area contributed by atoms with Crippen LogP contribution in [0, 0.1) is 13.8 Å². The highest BCUT2D eigenvalue weighted by atomic mass is 35.5. The molecule has 0 bridgehead atoms. The van der Waals surface area contributed by atoms with Crippen molar-refractivity contribution < 1.29 is 9.47 Å². The van der Waals surface area contributed by atoms with Crippen LogP contribution in [0.5, 0.6) is 11.5 Å². The molecule has 162 valence electrons. The van der Waals surface area contributed by atoms with E-state index in [1.807, 2.05) is 13.0 Å². The second-order valence-electron chi connectivity index (χ2n) is 8.44. The van der Waals surface area contributed by atoms with Gasteiger partial charge in [0, 0.05) is 43.5 Å². The first-order valence-electron chi connectivity index (χ1n) is 11.1. The molecule has 2 aromatic carbocycles. The van der Waals surface area contributed by atoms with Crippen molar-refractivity contribution in [3.8, 4) is 11.5 Å². The Hall–Kier alpha value is -1.91. The molecule has 0 unspecified atom stereocenters. The highest BCUT2D eigenvalue weighted by molar-refractivity contribution is 6.32. The fraction of sp³-hybridized carbons (Fsp3) is 0.520. The SMILES string of the molecule is CCOc1cc(N2CCN3[C@@H](CCC[C@@H]3c3ccc(OC)c(C)c3C)C2)ccc1Cl. The molecule has 5 heteroatoms. The van der Waals surface area contributed by atoms with Crippen molar-refractivity contribution in [2.24, 2.45) is 0 Å². The molecule has 4 rings (SSSR count). The van der Waals surface area contributed by atoms with Gasteiger partial charge in [-0.3, -0.25) is 4.90 Å². The summed E-state index contributed by atoms with van der Waals surface area (Å²) in [7, 11) is 1.75. The van der Waals surface area contributed by atoms with Gasteiger partial charge in [0.05, 0.1) is 18.7 Å². The molecule has 2 saturated heterocycles. The number of piperazine rings is 1. The van der Waals surface area contributed by atoms with Gasteiger partial charge in [0.15, 0.2) is 0 Å². The molecule has 0 N–H and O–H groups in total. The van der Waals surface area contributed by atoms with Crippen molar-refractivity contribution in [1.29, 1.82) is 0 Å². The molecule has 2 heterocycles. The molecule has 0 saturated carbocycles. The molecule has 2 fully saturated rings. The zero-order valence-electron chi connectivity index (χ0n) is 18.6. The molecule has 30 heavy (non-hydrogen) atoms. The normalized spacial score (nSPS) is 22.0. The lowest BCUT2D eigenvalue weighted by Crippen LogP contribution is -2.56. The summed E-state index contributed by atoms with van der Waals surface area (Å²) in [5.41, 5.74) is 5.32. The molecule has 0 spiro atoms. The van der Waals surface area contributed by atoms with Gasteiger partial charge in [0.25, 0.3) is 0 Å². The van der Waals surface area contributed by atoms with Crippen LogP contribution in [0.4, 0.5) is 5.69 Å². The summed E-state index contributed by atoms with van der Waals surface area (Å²) in [5, 5.41) is 0.683. The quantitative estimate of drug-likeness (QED) is 0.602. The smallest absolute Gasteiger partial charge is 0.139 e. The van der Waals surface area contributed by atoms with Crippen LogP contribution in [-0.4, -0.2) is 44.3 Å². The third kappa shape index (κ3) is 4.00. The largest absolute Gasteiger partial charge is 0.496 e. The maximum absolute atomic E-state index is 6.30. The average Bonchev–Trinajstić information content (AvgIpc) is 2.76. The highest BCUT2D eigenvalue weighted by Gasteiger charge is 2.36. The first-order chi connectivity index (χ1) is 14.5. The van der Waals surface area contributed by atoms with E-state index in [1.54, 1.807) is 7.11 Å². The van der Waals surface area contributed by atoms with Crippen LogP contribution in [0.25, 0.3) is 0 Å². The first kappa shape index (κ1) is 21.3. The zero-order chi connectivity index (χ0) is 21.3. The second kappa shape index (κ2) is 9.07. The van der Waals surface area contributed by atoms with Gasteiger partial charge >= 0.3 is 0 Å². The lowest BCUT2D eigenvalue weighted by Gasteiger charge is -2.49. The number of hydrogen-bond donors (Lipinski definition) is 0. The Balaban J connectivity index is 1.54. The number of ether oxygens (including phenoxy) is 2. The maximum atomic E-state index is 6.30. The number of piperidine rings is 1. The Morgan fingerprint density at radius 1 is 1.03 bits per heavy atom. The minimum atomic E-state index is 0.500. The van der Waals surface area contributed by atoms with E-state index in [1.165, 1.54) is 41.6 Å². The molecule has 4 nitrogen and oxygen atoms in total. The van der Waals surface area contributed by atoms with E-state index in [-0.39, 0.29) is 0 Å². The van der Waals surface area contributed by atoms with Gasteiger partial charge in [0.1, 0.15) is 11.5 Å². The molecule has 2 aliphatic heterocycles. The highest BCUT2D eigenvalue weighted by Crippen LogP contribution is 2.40.